The fourth-order valence-corrected chi connectivity index (χ4v) is 9.17. The normalized spacial score (nSPS) is 33.2. The maximum Gasteiger partial charge on any atom is 0.413 e. The van der Waals surface area contributed by atoms with Crippen LogP contribution in [0.5, 0.6) is 0 Å². The number of fused-ring (bicyclic) bond motifs is 1. The van der Waals surface area contributed by atoms with E-state index in [1.807, 2.05) is 37.3 Å². The second-order valence-corrected chi connectivity index (χ2v) is 16.8. The molecule has 3 unspecified atom stereocenters. The van der Waals surface area contributed by atoms with Gasteiger partial charge in [0.25, 0.3) is 0 Å². The van der Waals surface area contributed by atoms with Crippen LogP contribution in [0.3, 0.4) is 0 Å². The molecule has 0 bridgehead atoms. The molecule has 0 radical (unpaired) electrons. The molecule has 4 aliphatic rings. The molecular formula is C41H55NO11. The van der Waals surface area contributed by atoms with E-state index in [9.17, 15) is 24.0 Å². The SMILES string of the molecule is C=C1CCC2[C@](C)(COC(C)=O)[C@H](OC(C)=O)CC[C@]2(C)[C@H]1C/C=C1/C(=O)OC[C@H]1OC(=O)C1OC(C)(C)N(C(=O)OC(C)(C)C)C1c1ccccc1. The van der Waals surface area contributed by atoms with Crippen molar-refractivity contribution in [2.75, 3.05) is 13.2 Å². The van der Waals surface area contributed by atoms with Crippen molar-refractivity contribution < 1.29 is 52.4 Å². The molecule has 5 rings (SSSR count). The van der Waals surface area contributed by atoms with E-state index < -0.39 is 65.1 Å². The van der Waals surface area contributed by atoms with E-state index in [-0.39, 0.29) is 42.0 Å². The molecule has 12 nitrogen and oxygen atoms in total. The van der Waals surface area contributed by atoms with Crippen LogP contribution < -0.4 is 0 Å². The first-order chi connectivity index (χ1) is 24.7. The standard InChI is InChI=1S/C41H55NO11/c1-24-16-19-31-40(9,21-20-32(50-26(3)44)41(31,10)23-49-25(2)43)29(24)18-17-28-30(22-48-35(28)45)51-36(46)34-33(27-14-12-11-13-15-27)42(39(7,8)52-34)37(47)53-38(4,5)6/h11-15,17,29-34H,1,16,18-23H2,2-10H3/b28-17+/t29-,30+,31?,32+,33?,34?,40+,41-/m0/s1. The van der Waals surface area contributed by atoms with Crippen LogP contribution in [0.4, 0.5) is 4.79 Å². The molecule has 2 saturated carbocycles. The van der Waals surface area contributed by atoms with Gasteiger partial charge in [-0.05, 0) is 89.5 Å². The Morgan fingerprint density at radius 2 is 1.68 bits per heavy atom. The number of rotatable bonds is 8. The lowest BCUT2D eigenvalue weighted by Gasteiger charge is -2.60. The van der Waals surface area contributed by atoms with Crippen LogP contribution >= 0.6 is 0 Å². The van der Waals surface area contributed by atoms with Crippen molar-refractivity contribution in [3.63, 3.8) is 0 Å². The molecule has 1 aromatic carbocycles. The van der Waals surface area contributed by atoms with E-state index in [1.165, 1.54) is 18.7 Å². The summed E-state index contributed by atoms with van der Waals surface area (Å²) in [6.45, 7) is 20.1. The first-order valence-corrected chi connectivity index (χ1v) is 18.5. The largest absolute Gasteiger partial charge is 0.465 e. The van der Waals surface area contributed by atoms with Crippen molar-refractivity contribution in [3.05, 3.63) is 59.7 Å². The highest BCUT2D eigenvalue weighted by Crippen LogP contribution is 2.62. The number of hydrogen-bond acceptors (Lipinski definition) is 11. The van der Waals surface area contributed by atoms with E-state index in [0.29, 0.717) is 24.8 Å². The summed E-state index contributed by atoms with van der Waals surface area (Å²) in [5, 5.41) is 0. The Hall–Kier alpha value is -4.19. The summed E-state index contributed by atoms with van der Waals surface area (Å²) in [7, 11) is 0. The van der Waals surface area contributed by atoms with E-state index in [0.717, 1.165) is 18.4 Å². The van der Waals surface area contributed by atoms with E-state index in [4.69, 9.17) is 28.4 Å². The van der Waals surface area contributed by atoms with Gasteiger partial charge in [0.2, 0.25) is 0 Å². The van der Waals surface area contributed by atoms with Gasteiger partial charge in [-0.1, -0.05) is 62.4 Å². The summed E-state index contributed by atoms with van der Waals surface area (Å²) >= 11 is 0. The average Bonchev–Trinajstić information content (AvgIpc) is 3.55. The number of nitrogens with zero attached hydrogens (tertiary/aromatic N) is 1. The van der Waals surface area contributed by atoms with Gasteiger partial charge in [-0.3, -0.25) is 14.5 Å². The maximum atomic E-state index is 14.1. The van der Waals surface area contributed by atoms with Gasteiger partial charge in [0.1, 0.15) is 36.7 Å². The van der Waals surface area contributed by atoms with E-state index in [2.05, 4.69) is 13.5 Å². The third-order valence-electron chi connectivity index (χ3n) is 11.5. The van der Waals surface area contributed by atoms with Gasteiger partial charge in [0.15, 0.2) is 12.2 Å². The second-order valence-electron chi connectivity index (χ2n) is 16.8. The molecule has 0 spiro atoms. The zero-order valence-corrected chi connectivity index (χ0v) is 32.5. The molecular weight excluding hydrogens is 682 g/mol. The number of amides is 1. The highest BCUT2D eigenvalue weighted by molar-refractivity contribution is 5.92. The van der Waals surface area contributed by atoms with Gasteiger partial charge in [-0.25, -0.2) is 14.4 Å². The molecule has 290 valence electrons. The number of allylic oxidation sites excluding steroid dienone is 2. The van der Waals surface area contributed by atoms with Crippen LogP contribution in [-0.4, -0.2) is 77.7 Å². The minimum atomic E-state index is -1.24. The summed E-state index contributed by atoms with van der Waals surface area (Å²) < 4.78 is 34.8. The topological polar surface area (TPSA) is 144 Å². The molecule has 12 heteroatoms. The quantitative estimate of drug-likeness (QED) is 0.121. The van der Waals surface area contributed by atoms with Gasteiger partial charge in [0, 0.05) is 19.3 Å². The second kappa shape index (κ2) is 14.9. The zero-order chi connectivity index (χ0) is 39.1. The molecule has 4 fully saturated rings. The Morgan fingerprint density at radius 1 is 1.00 bits per heavy atom. The highest BCUT2D eigenvalue weighted by atomic mass is 16.6. The Kier molecular flexibility index (Phi) is 11.3. The van der Waals surface area contributed by atoms with Crippen LogP contribution in [0.2, 0.25) is 0 Å². The molecule has 8 atom stereocenters. The summed E-state index contributed by atoms with van der Waals surface area (Å²) in [5.74, 6) is -2.17. The minimum Gasteiger partial charge on any atom is -0.465 e. The van der Waals surface area contributed by atoms with Gasteiger partial charge >= 0.3 is 30.0 Å². The summed E-state index contributed by atoms with van der Waals surface area (Å²) in [5.41, 5.74) is -1.08. The number of esters is 4. The Morgan fingerprint density at radius 3 is 2.30 bits per heavy atom. The molecule has 2 aliphatic carbocycles. The van der Waals surface area contributed by atoms with Crippen LogP contribution in [-0.2, 0) is 47.6 Å². The lowest BCUT2D eigenvalue weighted by molar-refractivity contribution is -0.191. The molecule has 2 saturated heterocycles. The van der Waals surface area contributed by atoms with E-state index in [1.54, 1.807) is 40.7 Å². The number of carbonyl (C=O) groups excluding carboxylic acids is 5. The van der Waals surface area contributed by atoms with Gasteiger partial charge < -0.3 is 28.4 Å². The lowest BCUT2D eigenvalue weighted by Crippen LogP contribution is -2.58. The first-order valence-electron chi connectivity index (χ1n) is 18.5. The minimum absolute atomic E-state index is 0.0104. The molecule has 2 aliphatic heterocycles. The maximum absolute atomic E-state index is 14.1. The zero-order valence-electron chi connectivity index (χ0n) is 32.5. The van der Waals surface area contributed by atoms with Gasteiger partial charge in [-0.15, -0.1) is 0 Å². The molecule has 1 amide bonds. The fraction of sp³-hybridized carbons (Fsp3) is 0.634. The van der Waals surface area contributed by atoms with E-state index >= 15 is 0 Å². The molecule has 53 heavy (non-hydrogen) atoms. The molecule has 0 N–H and O–H groups in total. The van der Waals surface area contributed by atoms with Crippen LogP contribution in [0.15, 0.2) is 54.1 Å². The third-order valence-corrected chi connectivity index (χ3v) is 11.5. The van der Waals surface area contributed by atoms with Crippen molar-refractivity contribution >= 4 is 30.0 Å². The number of cyclic esters (lactones) is 1. The number of carbonyl (C=O) groups is 5. The van der Waals surface area contributed by atoms with Crippen molar-refractivity contribution in [1.29, 1.82) is 0 Å². The molecule has 2 heterocycles. The third kappa shape index (κ3) is 8.17. The van der Waals surface area contributed by atoms with Crippen LogP contribution in [0.1, 0.15) is 106 Å². The Labute approximate surface area is 312 Å². The molecule has 0 aromatic heterocycles. The molecule has 1 aromatic rings. The smallest absolute Gasteiger partial charge is 0.413 e. The average molecular weight is 738 g/mol. The Bertz CT molecular complexity index is 1640. The lowest BCUT2D eigenvalue weighted by atomic mass is 9.46. The van der Waals surface area contributed by atoms with Crippen molar-refractivity contribution in [3.8, 4) is 0 Å². The number of benzene rings is 1. The number of ether oxygens (including phenoxy) is 6. The van der Waals surface area contributed by atoms with Gasteiger partial charge in [0.05, 0.1) is 5.57 Å². The predicted octanol–water partition coefficient (Wildman–Crippen LogP) is 6.77. The van der Waals surface area contributed by atoms with Gasteiger partial charge in [-0.2, -0.15) is 0 Å². The predicted molar refractivity (Wildman–Crippen MR) is 193 cm³/mol. The Balaban J connectivity index is 1.39. The fourth-order valence-electron chi connectivity index (χ4n) is 9.17. The van der Waals surface area contributed by atoms with Crippen molar-refractivity contribution in [1.82, 2.24) is 4.90 Å². The summed E-state index contributed by atoms with van der Waals surface area (Å²) in [4.78, 5) is 66.3. The summed E-state index contributed by atoms with van der Waals surface area (Å²) in [6.07, 6.45) is 1.72. The van der Waals surface area contributed by atoms with Crippen molar-refractivity contribution in [2.45, 2.75) is 130 Å². The highest BCUT2D eigenvalue weighted by Gasteiger charge is 2.60. The van der Waals surface area contributed by atoms with Crippen LogP contribution in [0, 0.1) is 22.7 Å². The van der Waals surface area contributed by atoms with Crippen molar-refractivity contribution in [2.24, 2.45) is 22.7 Å². The summed E-state index contributed by atoms with van der Waals surface area (Å²) in [6, 6.07) is 8.21. The first kappa shape index (κ1) is 40.0. The monoisotopic (exact) mass is 737 g/mol. The van der Waals surface area contributed by atoms with Crippen LogP contribution in [0.25, 0.3) is 0 Å². The number of hydrogen-bond donors (Lipinski definition) is 0.